The van der Waals surface area contributed by atoms with Crippen LogP contribution in [0.15, 0.2) is 29.3 Å². The quantitative estimate of drug-likeness (QED) is 0.344. The predicted octanol–water partition coefficient (Wildman–Crippen LogP) is 3.66. The molecule has 164 valence electrons. The maximum absolute atomic E-state index is 12.4. The Labute approximate surface area is 192 Å². The summed E-state index contributed by atoms with van der Waals surface area (Å²) in [6.45, 7) is 9.33. The van der Waals surface area contributed by atoms with Crippen molar-refractivity contribution in [1.29, 1.82) is 0 Å². The van der Waals surface area contributed by atoms with Crippen LogP contribution in [-0.4, -0.2) is 56.2 Å². The van der Waals surface area contributed by atoms with Gasteiger partial charge in [0.25, 0.3) is 5.91 Å². The lowest BCUT2D eigenvalue weighted by Crippen LogP contribution is -2.41. The molecule has 1 fully saturated rings. The Kier molecular flexibility index (Phi) is 11.0. The van der Waals surface area contributed by atoms with E-state index in [0.717, 1.165) is 56.5 Å². The van der Waals surface area contributed by atoms with Gasteiger partial charge in [0.05, 0.1) is 0 Å². The van der Waals surface area contributed by atoms with Gasteiger partial charge in [-0.2, -0.15) is 0 Å². The first-order valence-electron chi connectivity index (χ1n) is 10.2. The molecular weight excluding hydrogens is 479 g/mol. The second kappa shape index (κ2) is 12.4. The molecule has 1 amide bonds. The molecule has 2 N–H and O–H groups in total. The first-order chi connectivity index (χ1) is 13.3. The molecule has 1 aromatic rings. The highest BCUT2D eigenvalue weighted by atomic mass is 127. The van der Waals surface area contributed by atoms with Crippen molar-refractivity contribution >= 4 is 35.8 Å². The van der Waals surface area contributed by atoms with Crippen molar-refractivity contribution in [2.45, 2.75) is 52.1 Å². The second-order valence-electron chi connectivity index (χ2n) is 8.57. The van der Waals surface area contributed by atoms with Crippen LogP contribution in [0.25, 0.3) is 0 Å². The standard InChI is InChI=1S/C22H36N4O2.HI/c1-22(2,3)25-20(27)19-8-6-7-18(15-19)16-24-21(23-4)26(5)12-9-17-10-13-28-14-11-17;/h6-8,15,17H,9-14,16H2,1-5H3,(H,23,24)(H,25,27);1H. The summed E-state index contributed by atoms with van der Waals surface area (Å²) in [6, 6.07) is 7.73. The Morgan fingerprint density at radius 3 is 2.59 bits per heavy atom. The van der Waals surface area contributed by atoms with Crippen molar-refractivity contribution in [1.82, 2.24) is 15.5 Å². The first kappa shape index (κ1) is 25.7. The Bertz CT molecular complexity index is 667. The van der Waals surface area contributed by atoms with E-state index in [0.29, 0.717) is 12.1 Å². The van der Waals surface area contributed by atoms with Crippen molar-refractivity contribution < 1.29 is 9.53 Å². The third-order valence-corrected chi connectivity index (χ3v) is 4.92. The van der Waals surface area contributed by atoms with Crippen LogP contribution in [0.4, 0.5) is 0 Å². The topological polar surface area (TPSA) is 66.0 Å². The highest BCUT2D eigenvalue weighted by Gasteiger charge is 2.17. The average Bonchev–Trinajstić information content (AvgIpc) is 2.66. The molecule has 29 heavy (non-hydrogen) atoms. The molecular formula is C22H37IN4O2. The van der Waals surface area contributed by atoms with E-state index in [-0.39, 0.29) is 35.4 Å². The predicted molar refractivity (Wildman–Crippen MR) is 130 cm³/mol. The molecule has 0 radical (unpaired) electrons. The normalized spacial score (nSPS) is 15.4. The van der Waals surface area contributed by atoms with Crippen LogP contribution in [0.1, 0.15) is 56.0 Å². The lowest BCUT2D eigenvalue weighted by atomic mass is 9.96. The van der Waals surface area contributed by atoms with Gasteiger partial charge in [-0.3, -0.25) is 9.79 Å². The van der Waals surface area contributed by atoms with Gasteiger partial charge >= 0.3 is 0 Å². The number of carbonyl (C=O) groups is 1. The molecule has 0 aliphatic carbocycles. The van der Waals surface area contributed by atoms with Gasteiger partial charge in [0.1, 0.15) is 0 Å². The van der Waals surface area contributed by atoms with E-state index in [4.69, 9.17) is 4.74 Å². The number of guanidine groups is 1. The number of aliphatic imine (C=N–C) groups is 1. The molecule has 6 nitrogen and oxygen atoms in total. The van der Waals surface area contributed by atoms with Crippen LogP contribution in [0.2, 0.25) is 0 Å². The van der Waals surface area contributed by atoms with Crippen molar-refractivity contribution in [2.75, 3.05) is 33.9 Å². The summed E-state index contributed by atoms with van der Waals surface area (Å²) in [5.74, 6) is 1.57. The zero-order chi connectivity index (χ0) is 20.6. The van der Waals surface area contributed by atoms with Gasteiger partial charge in [-0.25, -0.2) is 0 Å². The fourth-order valence-corrected chi connectivity index (χ4v) is 3.32. The molecule has 0 saturated carbocycles. The van der Waals surface area contributed by atoms with Crippen LogP contribution in [0, 0.1) is 5.92 Å². The minimum atomic E-state index is -0.249. The van der Waals surface area contributed by atoms with E-state index < -0.39 is 0 Å². The number of hydrogen-bond acceptors (Lipinski definition) is 3. The highest BCUT2D eigenvalue weighted by molar-refractivity contribution is 14.0. The van der Waals surface area contributed by atoms with Gasteiger partial charge in [0, 0.05) is 51.5 Å². The fraction of sp³-hybridized carbons (Fsp3) is 0.636. The van der Waals surface area contributed by atoms with E-state index in [9.17, 15) is 4.79 Å². The summed E-state index contributed by atoms with van der Waals surface area (Å²) in [5.41, 5.74) is 1.48. The van der Waals surface area contributed by atoms with Crippen molar-refractivity contribution in [3.05, 3.63) is 35.4 Å². The Morgan fingerprint density at radius 2 is 1.97 bits per heavy atom. The lowest BCUT2D eigenvalue weighted by Gasteiger charge is -2.27. The van der Waals surface area contributed by atoms with Crippen molar-refractivity contribution in [3.8, 4) is 0 Å². The molecule has 0 aromatic heterocycles. The van der Waals surface area contributed by atoms with E-state index in [2.05, 4.69) is 27.6 Å². The summed E-state index contributed by atoms with van der Waals surface area (Å²) in [4.78, 5) is 19.0. The molecule has 1 saturated heterocycles. The van der Waals surface area contributed by atoms with Gasteiger partial charge in [-0.15, -0.1) is 24.0 Å². The Balaban J connectivity index is 0.00000420. The minimum Gasteiger partial charge on any atom is -0.381 e. The number of halogens is 1. The second-order valence-corrected chi connectivity index (χ2v) is 8.57. The van der Waals surface area contributed by atoms with Gasteiger partial charge in [0.2, 0.25) is 0 Å². The summed E-state index contributed by atoms with van der Waals surface area (Å²) >= 11 is 0. The Morgan fingerprint density at radius 1 is 1.28 bits per heavy atom. The molecule has 0 atom stereocenters. The van der Waals surface area contributed by atoms with E-state index >= 15 is 0 Å². The molecule has 0 unspecified atom stereocenters. The van der Waals surface area contributed by atoms with Crippen molar-refractivity contribution in [3.63, 3.8) is 0 Å². The molecule has 1 aliphatic rings. The summed E-state index contributed by atoms with van der Waals surface area (Å²) in [7, 11) is 3.88. The number of carbonyl (C=O) groups excluding carboxylic acids is 1. The van der Waals surface area contributed by atoms with Gasteiger partial charge in [0.15, 0.2) is 5.96 Å². The number of rotatable bonds is 6. The largest absolute Gasteiger partial charge is 0.381 e. The molecule has 0 spiro atoms. The summed E-state index contributed by atoms with van der Waals surface area (Å²) < 4.78 is 5.44. The van der Waals surface area contributed by atoms with E-state index in [1.165, 1.54) is 0 Å². The van der Waals surface area contributed by atoms with Crippen LogP contribution in [0.5, 0.6) is 0 Å². The van der Waals surface area contributed by atoms with Crippen LogP contribution in [-0.2, 0) is 11.3 Å². The van der Waals surface area contributed by atoms with E-state index in [1.807, 2.05) is 45.0 Å². The highest BCUT2D eigenvalue weighted by Crippen LogP contribution is 2.18. The Hall–Kier alpha value is -1.35. The number of nitrogens with one attached hydrogen (secondary N) is 2. The monoisotopic (exact) mass is 516 g/mol. The molecule has 1 aliphatic heterocycles. The van der Waals surface area contributed by atoms with Gasteiger partial charge in [-0.1, -0.05) is 12.1 Å². The minimum absolute atomic E-state index is 0. The maximum Gasteiger partial charge on any atom is 0.251 e. The third kappa shape index (κ3) is 9.33. The zero-order valence-electron chi connectivity index (χ0n) is 18.5. The number of hydrogen-bond donors (Lipinski definition) is 2. The molecule has 0 bridgehead atoms. The number of ether oxygens (including phenoxy) is 1. The van der Waals surface area contributed by atoms with Gasteiger partial charge < -0.3 is 20.3 Å². The van der Waals surface area contributed by atoms with Crippen LogP contribution in [0.3, 0.4) is 0 Å². The zero-order valence-corrected chi connectivity index (χ0v) is 20.8. The van der Waals surface area contributed by atoms with Crippen LogP contribution >= 0.6 is 24.0 Å². The number of amides is 1. The van der Waals surface area contributed by atoms with Crippen molar-refractivity contribution in [2.24, 2.45) is 10.9 Å². The molecule has 1 aromatic carbocycles. The smallest absolute Gasteiger partial charge is 0.251 e. The maximum atomic E-state index is 12.4. The average molecular weight is 516 g/mol. The van der Waals surface area contributed by atoms with Gasteiger partial charge in [-0.05, 0) is 63.6 Å². The molecule has 1 heterocycles. The summed E-state index contributed by atoms with van der Waals surface area (Å²) in [5, 5.41) is 6.41. The third-order valence-electron chi connectivity index (χ3n) is 4.92. The van der Waals surface area contributed by atoms with Crippen LogP contribution < -0.4 is 10.6 Å². The first-order valence-corrected chi connectivity index (χ1v) is 10.2. The fourth-order valence-electron chi connectivity index (χ4n) is 3.32. The number of nitrogens with zero attached hydrogens (tertiary/aromatic N) is 2. The molecule has 7 heteroatoms. The molecule has 2 rings (SSSR count). The lowest BCUT2D eigenvalue weighted by molar-refractivity contribution is 0.0625. The van der Waals surface area contributed by atoms with E-state index in [1.54, 1.807) is 7.05 Å². The summed E-state index contributed by atoms with van der Waals surface area (Å²) in [6.07, 6.45) is 3.47. The number of benzene rings is 1. The SMILES string of the molecule is CN=C(NCc1cccc(C(=O)NC(C)(C)C)c1)N(C)CCC1CCOCC1.I.